The number of methoxy groups -OCH3 is 2. The standard InChI is InChI=1S/C18H25F2NO4/c1-4-8-18(12-23-2)9-5-10-21(18)16(22)13-6-7-14(25-17(19)20)15(11-13)24-3/h6-7,11,17H,4-5,8-10,12H2,1-3H3. The summed E-state index contributed by atoms with van der Waals surface area (Å²) in [6.07, 6.45) is 3.61. The van der Waals surface area contributed by atoms with Crippen LogP contribution in [0.3, 0.4) is 0 Å². The maximum atomic E-state index is 13.0. The van der Waals surface area contributed by atoms with Crippen molar-refractivity contribution in [3.63, 3.8) is 0 Å². The molecule has 0 radical (unpaired) electrons. The molecule has 0 aliphatic carbocycles. The van der Waals surface area contributed by atoms with Gasteiger partial charge in [0.1, 0.15) is 0 Å². The monoisotopic (exact) mass is 357 g/mol. The zero-order valence-corrected chi connectivity index (χ0v) is 14.9. The summed E-state index contributed by atoms with van der Waals surface area (Å²) in [5, 5.41) is 0. The van der Waals surface area contributed by atoms with Gasteiger partial charge >= 0.3 is 6.61 Å². The van der Waals surface area contributed by atoms with Crippen LogP contribution >= 0.6 is 0 Å². The fraction of sp³-hybridized carbons (Fsp3) is 0.611. The highest BCUT2D eigenvalue weighted by Crippen LogP contribution is 2.36. The molecule has 5 nitrogen and oxygen atoms in total. The fourth-order valence-electron chi connectivity index (χ4n) is 3.62. The first-order valence-corrected chi connectivity index (χ1v) is 8.41. The lowest BCUT2D eigenvalue weighted by Gasteiger charge is -2.38. The number of rotatable bonds is 8. The normalized spacial score (nSPS) is 20.2. The molecule has 1 aliphatic heterocycles. The molecule has 7 heteroatoms. The highest BCUT2D eigenvalue weighted by atomic mass is 19.3. The fourth-order valence-corrected chi connectivity index (χ4v) is 3.62. The molecule has 1 fully saturated rings. The molecular weight excluding hydrogens is 332 g/mol. The number of alkyl halides is 2. The molecule has 1 aromatic carbocycles. The van der Waals surface area contributed by atoms with Crippen molar-refractivity contribution in [3.8, 4) is 11.5 Å². The van der Waals surface area contributed by atoms with Crippen molar-refractivity contribution in [1.82, 2.24) is 4.90 Å². The first-order valence-electron chi connectivity index (χ1n) is 8.41. The van der Waals surface area contributed by atoms with Gasteiger partial charge in [-0.2, -0.15) is 8.78 Å². The molecule has 1 saturated heterocycles. The molecule has 1 amide bonds. The van der Waals surface area contributed by atoms with Crippen molar-refractivity contribution in [2.24, 2.45) is 0 Å². The minimum absolute atomic E-state index is 0.0906. The predicted octanol–water partition coefficient (Wildman–Crippen LogP) is 3.72. The Balaban J connectivity index is 2.29. The van der Waals surface area contributed by atoms with Crippen LogP contribution in [-0.4, -0.2) is 50.3 Å². The van der Waals surface area contributed by atoms with Crippen molar-refractivity contribution in [3.05, 3.63) is 23.8 Å². The van der Waals surface area contributed by atoms with Crippen molar-refractivity contribution in [2.45, 2.75) is 44.8 Å². The van der Waals surface area contributed by atoms with Crippen molar-refractivity contribution >= 4 is 5.91 Å². The van der Waals surface area contributed by atoms with Gasteiger partial charge in [-0.1, -0.05) is 13.3 Å². The Hall–Kier alpha value is -1.89. The summed E-state index contributed by atoms with van der Waals surface area (Å²) in [7, 11) is 2.99. The Morgan fingerprint density at radius 2 is 2.08 bits per heavy atom. The Morgan fingerprint density at radius 1 is 1.32 bits per heavy atom. The van der Waals surface area contributed by atoms with Crippen LogP contribution in [0.4, 0.5) is 8.78 Å². The van der Waals surface area contributed by atoms with Gasteiger partial charge in [0.05, 0.1) is 19.3 Å². The molecule has 0 spiro atoms. The second kappa shape index (κ2) is 8.47. The lowest BCUT2D eigenvalue weighted by Crippen LogP contribution is -2.50. The summed E-state index contributed by atoms with van der Waals surface area (Å²) in [6, 6.07) is 4.28. The molecule has 1 aromatic rings. The number of carbonyl (C=O) groups excluding carboxylic acids is 1. The van der Waals surface area contributed by atoms with E-state index in [1.54, 1.807) is 7.11 Å². The smallest absolute Gasteiger partial charge is 0.387 e. The average Bonchev–Trinajstić information content (AvgIpc) is 2.98. The zero-order chi connectivity index (χ0) is 18.4. The number of benzene rings is 1. The summed E-state index contributed by atoms with van der Waals surface area (Å²) in [5.41, 5.74) is 0.0725. The van der Waals surface area contributed by atoms with E-state index in [0.717, 1.165) is 25.7 Å². The maximum absolute atomic E-state index is 13.0. The topological polar surface area (TPSA) is 48.0 Å². The minimum Gasteiger partial charge on any atom is -0.493 e. The average molecular weight is 357 g/mol. The van der Waals surface area contributed by atoms with E-state index < -0.39 is 6.61 Å². The van der Waals surface area contributed by atoms with Crippen molar-refractivity contribution < 1.29 is 27.8 Å². The molecule has 1 atom stereocenters. The van der Waals surface area contributed by atoms with E-state index >= 15 is 0 Å². The Morgan fingerprint density at radius 3 is 2.68 bits per heavy atom. The summed E-state index contributed by atoms with van der Waals surface area (Å²) >= 11 is 0. The third kappa shape index (κ3) is 4.21. The molecule has 0 bridgehead atoms. The first-order chi connectivity index (χ1) is 12.0. The van der Waals surface area contributed by atoms with Crippen LogP contribution in [0.5, 0.6) is 11.5 Å². The lowest BCUT2D eigenvalue weighted by molar-refractivity contribution is -0.0512. The number of carbonyl (C=O) groups is 1. The van der Waals surface area contributed by atoms with Crippen molar-refractivity contribution in [2.75, 3.05) is 27.4 Å². The molecule has 0 aromatic heterocycles. The van der Waals surface area contributed by atoms with E-state index in [2.05, 4.69) is 11.7 Å². The predicted molar refractivity (Wildman–Crippen MR) is 89.4 cm³/mol. The number of hydrogen-bond donors (Lipinski definition) is 0. The van der Waals surface area contributed by atoms with E-state index in [1.807, 2.05) is 4.90 Å². The van der Waals surface area contributed by atoms with E-state index in [4.69, 9.17) is 9.47 Å². The van der Waals surface area contributed by atoms with Gasteiger partial charge in [0, 0.05) is 19.2 Å². The van der Waals surface area contributed by atoms with Crippen molar-refractivity contribution in [1.29, 1.82) is 0 Å². The molecular formula is C18H25F2NO4. The van der Waals surface area contributed by atoms with Crippen LogP contribution in [-0.2, 0) is 4.74 Å². The van der Waals surface area contributed by atoms with E-state index in [-0.39, 0.29) is 22.9 Å². The Kier molecular flexibility index (Phi) is 6.58. The van der Waals surface area contributed by atoms with Gasteiger partial charge in [-0.25, -0.2) is 0 Å². The van der Waals surface area contributed by atoms with E-state index in [9.17, 15) is 13.6 Å². The first kappa shape index (κ1) is 19.4. The Bertz CT molecular complexity index is 588. The SMILES string of the molecule is CCCC1(COC)CCCN1C(=O)c1ccc(OC(F)F)c(OC)c1. The summed E-state index contributed by atoms with van der Waals surface area (Å²) in [4.78, 5) is 14.9. The van der Waals surface area contributed by atoms with E-state index in [0.29, 0.717) is 18.7 Å². The highest BCUT2D eigenvalue weighted by Gasteiger charge is 2.43. The summed E-state index contributed by atoms with van der Waals surface area (Å²) in [5.74, 6) is -0.129. The van der Waals surface area contributed by atoms with Crippen LogP contribution in [0.1, 0.15) is 43.0 Å². The zero-order valence-electron chi connectivity index (χ0n) is 14.9. The van der Waals surface area contributed by atoms with Crippen LogP contribution in [0.2, 0.25) is 0 Å². The molecule has 140 valence electrons. The molecule has 0 N–H and O–H groups in total. The number of likely N-dealkylation sites (tertiary alicyclic amines) is 1. The Labute approximate surface area is 146 Å². The second-order valence-corrected chi connectivity index (χ2v) is 6.21. The minimum atomic E-state index is -2.95. The van der Waals surface area contributed by atoms with Crippen LogP contribution in [0.25, 0.3) is 0 Å². The number of amides is 1. The van der Waals surface area contributed by atoms with E-state index in [1.165, 1.54) is 25.3 Å². The van der Waals surface area contributed by atoms with Gasteiger partial charge < -0.3 is 19.1 Å². The molecule has 25 heavy (non-hydrogen) atoms. The number of nitrogens with zero attached hydrogens (tertiary/aromatic N) is 1. The van der Waals surface area contributed by atoms with Crippen LogP contribution in [0.15, 0.2) is 18.2 Å². The summed E-state index contributed by atoms with van der Waals surface area (Å²) < 4.78 is 39.8. The number of ether oxygens (including phenoxy) is 3. The van der Waals surface area contributed by atoms with Gasteiger partial charge in [-0.05, 0) is 37.5 Å². The lowest BCUT2D eigenvalue weighted by atomic mass is 9.91. The molecule has 1 unspecified atom stereocenters. The second-order valence-electron chi connectivity index (χ2n) is 6.21. The molecule has 1 aliphatic rings. The van der Waals surface area contributed by atoms with Crippen LogP contribution < -0.4 is 9.47 Å². The quantitative estimate of drug-likeness (QED) is 0.711. The molecule has 2 rings (SSSR count). The molecule has 1 heterocycles. The van der Waals surface area contributed by atoms with Gasteiger partial charge in [-0.3, -0.25) is 4.79 Å². The molecule has 0 saturated carbocycles. The van der Waals surface area contributed by atoms with Crippen LogP contribution in [0, 0.1) is 0 Å². The summed E-state index contributed by atoms with van der Waals surface area (Å²) in [6.45, 7) is 0.265. The van der Waals surface area contributed by atoms with Gasteiger partial charge in [0.25, 0.3) is 5.91 Å². The largest absolute Gasteiger partial charge is 0.493 e. The third-order valence-electron chi connectivity index (χ3n) is 4.60. The number of hydrogen-bond acceptors (Lipinski definition) is 4. The third-order valence-corrected chi connectivity index (χ3v) is 4.60. The highest BCUT2D eigenvalue weighted by molar-refractivity contribution is 5.95. The maximum Gasteiger partial charge on any atom is 0.387 e. The number of halogens is 2. The van der Waals surface area contributed by atoms with Gasteiger partial charge in [-0.15, -0.1) is 0 Å². The van der Waals surface area contributed by atoms with Gasteiger partial charge in [0.15, 0.2) is 11.5 Å². The van der Waals surface area contributed by atoms with Gasteiger partial charge in [0.2, 0.25) is 0 Å².